The Morgan fingerprint density at radius 2 is 2.10 bits per heavy atom. The summed E-state index contributed by atoms with van der Waals surface area (Å²) in [5.74, 6) is 1.40. The molecule has 2 atom stereocenters. The Labute approximate surface area is 126 Å². The van der Waals surface area contributed by atoms with Crippen LogP contribution in [0, 0.1) is 5.92 Å². The van der Waals surface area contributed by atoms with Gasteiger partial charge in [0, 0.05) is 18.1 Å². The zero-order valence-corrected chi connectivity index (χ0v) is 13.5. The number of rotatable bonds is 4. The fourth-order valence-corrected chi connectivity index (χ4v) is 2.28. The molecule has 1 aromatic carbocycles. The molecule has 0 saturated heterocycles. The van der Waals surface area contributed by atoms with E-state index in [4.69, 9.17) is 9.47 Å². The van der Waals surface area contributed by atoms with Gasteiger partial charge < -0.3 is 19.7 Å². The summed E-state index contributed by atoms with van der Waals surface area (Å²) >= 11 is 0. The fraction of sp³-hybridized carbons (Fsp3) is 0.647. The second kappa shape index (κ2) is 5.50. The Kier molecular flexibility index (Phi) is 4.22. The third-order valence-corrected chi connectivity index (χ3v) is 4.19. The molecule has 0 bridgehead atoms. The van der Waals surface area contributed by atoms with E-state index in [2.05, 4.69) is 0 Å². The highest BCUT2D eigenvalue weighted by Crippen LogP contribution is 2.41. The van der Waals surface area contributed by atoms with E-state index in [9.17, 15) is 10.2 Å². The fourth-order valence-electron chi connectivity index (χ4n) is 2.28. The Bertz CT molecular complexity index is 506. The minimum atomic E-state index is -0.879. The number of aliphatic hydroxyl groups excluding tert-OH is 1. The van der Waals surface area contributed by atoms with Gasteiger partial charge in [-0.1, -0.05) is 13.8 Å². The molecule has 0 aromatic heterocycles. The standard InChI is InChI=1S/C17H26O4/c1-11(2)17(5,19)10-20-12-6-7-13-14(18)9-16(3,4)21-15(13)8-12/h6-8,11,14,18-19H,9-10H2,1-5H3. The Hall–Kier alpha value is -1.26. The van der Waals surface area contributed by atoms with Gasteiger partial charge in [-0.2, -0.15) is 0 Å². The van der Waals surface area contributed by atoms with Gasteiger partial charge in [-0.05, 0) is 38.8 Å². The molecule has 2 unspecified atom stereocenters. The molecule has 0 aliphatic carbocycles. The number of hydrogen-bond donors (Lipinski definition) is 2. The maximum atomic E-state index is 10.2. The lowest BCUT2D eigenvalue weighted by atomic mass is 9.91. The van der Waals surface area contributed by atoms with E-state index in [0.717, 1.165) is 5.56 Å². The second-order valence-corrected chi connectivity index (χ2v) is 7.08. The summed E-state index contributed by atoms with van der Waals surface area (Å²) in [5, 5.41) is 20.4. The van der Waals surface area contributed by atoms with Gasteiger partial charge in [0.2, 0.25) is 0 Å². The highest BCUT2D eigenvalue weighted by Gasteiger charge is 2.33. The zero-order chi connectivity index (χ0) is 15.8. The number of hydrogen-bond acceptors (Lipinski definition) is 4. The van der Waals surface area contributed by atoms with E-state index in [1.807, 2.05) is 33.8 Å². The van der Waals surface area contributed by atoms with Crippen molar-refractivity contribution in [1.82, 2.24) is 0 Å². The Morgan fingerprint density at radius 1 is 1.43 bits per heavy atom. The Morgan fingerprint density at radius 3 is 2.71 bits per heavy atom. The van der Waals surface area contributed by atoms with E-state index in [1.165, 1.54) is 0 Å². The van der Waals surface area contributed by atoms with Gasteiger partial charge in [0.25, 0.3) is 0 Å². The highest BCUT2D eigenvalue weighted by molar-refractivity contribution is 5.43. The van der Waals surface area contributed by atoms with Gasteiger partial charge in [-0.15, -0.1) is 0 Å². The molecule has 4 heteroatoms. The normalized spacial score (nSPS) is 23.1. The van der Waals surface area contributed by atoms with Crippen molar-refractivity contribution < 1.29 is 19.7 Å². The lowest BCUT2D eigenvalue weighted by Crippen LogP contribution is -2.38. The van der Waals surface area contributed by atoms with E-state index >= 15 is 0 Å². The molecule has 2 N–H and O–H groups in total. The summed E-state index contributed by atoms with van der Waals surface area (Å²) in [7, 11) is 0. The minimum absolute atomic E-state index is 0.104. The highest BCUT2D eigenvalue weighted by atomic mass is 16.5. The monoisotopic (exact) mass is 294 g/mol. The van der Waals surface area contributed by atoms with Crippen molar-refractivity contribution in [2.45, 2.75) is 58.3 Å². The molecular weight excluding hydrogens is 268 g/mol. The maximum Gasteiger partial charge on any atom is 0.129 e. The summed E-state index contributed by atoms with van der Waals surface area (Å²) in [4.78, 5) is 0. The third kappa shape index (κ3) is 3.69. The SMILES string of the molecule is CC(C)C(C)(O)COc1ccc2c(c1)OC(C)(C)CC2O. The maximum absolute atomic E-state index is 10.2. The predicted octanol–water partition coefficient (Wildman–Crippen LogP) is 3.07. The van der Waals surface area contributed by atoms with Crippen LogP contribution in [0.4, 0.5) is 0 Å². The average molecular weight is 294 g/mol. The molecule has 1 aliphatic rings. The first-order valence-electron chi connectivity index (χ1n) is 7.47. The van der Waals surface area contributed by atoms with E-state index in [0.29, 0.717) is 17.9 Å². The van der Waals surface area contributed by atoms with Crippen LogP contribution in [-0.2, 0) is 0 Å². The number of aliphatic hydroxyl groups is 2. The number of fused-ring (bicyclic) bond motifs is 1. The van der Waals surface area contributed by atoms with Crippen molar-refractivity contribution >= 4 is 0 Å². The van der Waals surface area contributed by atoms with E-state index in [-0.39, 0.29) is 12.5 Å². The molecule has 0 spiro atoms. The summed E-state index contributed by atoms with van der Waals surface area (Å²) in [6, 6.07) is 5.42. The van der Waals surface area contributed by atoms with Crippen LogP contribution in [0.15, 0.2) is 18.2 Å². The van der Waals surface area contributed by atoms with Crippen LogP contribution in [0.1, 0.15) is 52.7 Å². The third-order valence-electron chi connectivity index (χ3n) is 4.19. The molecule has 0 radical (unpaired) electrons. The molecule has 1 heterocycles. The molecule has 1 aliphatic heterocycles. The second-order valence-electron chi connectivity index (χ2n) is 7.08. The molecule has 2 rings (SSSR count). The largest absolute Gasteiger partial charge is 0.490 e. The average Bonchev–Trinajstić information content (AvgIpc) is 2.34. The lowest BCUT2D eigenvalue weighted by Gasteiger charge is -2.35. The van der Waals surface area contributed by atoms with Crippen molar-refractivity contribution in [3.63, 3.8) is 0 Å². The van der Waals surface area contributed by atoms with Crippen LogP contribution < -0.4 is 9.47 Å². The summed E-state index contributed by atoms with van der Waals surface area (Å²) in [6.45, 7) is 9.80. The van der Waals surface area contributed by atoms with Crippen LogP contribution in [0.25, 0.3) is 0 Å². The molecular formula is C17H26O4. The molecule has 1 aromatic rings. The molecule has 0 saturated carbocycles. The Balaban J connectivity index is 2.14. The van der Waals surface area contributed by atoms with Crippen LogP contribution >= 0.6 is 0 Å². The van der Waals surface area contributed by atoms with Gasteiger partial charge in [0.05, 0.1) is 11.7 Å². The first kappa shape index (κ1) is 16.1. The van der Waals surface area contributed by atoms with Gasteiger partial charge in [0.1, 0.15) is 23.7 Å². The summed E-state index contributed by atoms with van der Waals surface area (Å²) in [5.41, 5.74) is -0.485. The lowest BCUT2D eigenvalue weighted by molar-refractivity contribution is -0.0271. The van der Waals surface area contributed by atoms with Crippen LogP contribution in [0.5, 0.6) is 11.5 Å². The predicted molar refractivity (Wildman–Crippen MR) is 81.7 cm³/mol. The smallest absolute Gasteiger partial charge is 0.129 e. The number of ether oxygens (including phenoxy) is 2. The first-order valence-corrected chi connectivity index (χ1v) is 7.47. The topological polar surface area (TPSA) is 58.9 Å². The van der Waals surface area contributed by atoms with Gasteiger partial charge in [0.15, 0.2) is 0 Å². The first-order chi connectivity index (χ1) is 9.61. The van der Waals surface area contributed by atoms with Crippen molar-refractivity contribution in [2.75, 3.05) is 6.61 Å². The van der Waals surface area contributed by atoms with Crippen molar-refractivity contribution in [2.24, 2.45) is 5.92 Å². The van der Waals surface area contributed by atoms with Gasteiger partial charge in [-0.3, -0.25) is 0 Å². The molecule has 21 heavy (non-hydrogen) atoms. The summed E-state index contributed by atoms with van der Waals surface area (Å²) < 4.78 is 11.6. The molecule has 0 amide bonds. The molecule has 0 fully saturated rings. The van der Waals surface area contributed by atoms with Crippen molar-refractivity contribution in [1.29, 1.82) is 0 Å². The zero-order valence-electron chi connectivity index (χ0n) is 13.5. The minimum Gasteiger partial charge on any atom is -0.490 e. The molecule has 118 valence electrons. The van der Waals surface area contributed by atoms with E-state index in [1.54, 1.807) is 19.1 Å². The van der Waals surface area contributed by atoms with Crippen LogP contribution in [0.3, 0.4) is 0 Å². The van der Waals surface area contributed by atoms with Crippen molar-refractivity contribution in [3.05, 3.63) is 23.8 Å². The molecule has 4 nitrogen and oxygen atoms in total. The summed E-state index contributed by atoms with van der Waals surface area (Å²) in [6.07, 6.45) is 0.0546. The van der Waals surface area contributed by atoms with Crippen LogP contribution in [-0.4, -0.2) is 28.0 Å². The van der Waals surface area contributed by atoms with Gasteiger partial charge in [-0.25, -0.2) is 0 Å². The van der Waals surface area contributed by atoms with Crippen LogP contribution in [0.2, 0.25) is 0 Å². The van der Waals surface area contributed by atoms with Gasteiger partial charge >= 0.3 is 0 Å². The van der Waals surface area contributed by atoms with E-state index < -0.39 is 17.3 Å². The quantitative estimate of drug-likeness (QED) is 0.896. The number of benzene rings is 1. The van der Waals surface area contributed by atoms with Crippen molar-refractivity contribution in [3.8, 4) is 11.5 Å².